The molecular weight excluding hydrogens is 276 g/mol. The number of ketones is 2. The predicted molar refractivity (Wildman–Crippen MR) is 71.5 cm³/mol. The first-order valence-electron chi connectivity index (χ1n) is 6.56. The molecule has 0 amide bonds. The summed E-state index contributed by atoms with van der Waals surface area (Å²) < 4.78 is 5.45. The van der Waals surface area contributed by atoms with Gasteiger partial charge in [-0.1, -0.05) is 0 Å². The number of aliphatic hydroxyl groups is 1. The number of phenolic OH excluding ortho intramolecular Hbond substituents is 2. The quantitative estimate of drug-likeness (QED) is 0.657. The van der Waals surface area contributed by atoms with Gasteiger partial charge in [-0.15, -0.1) is 0 Å². The van der Waals surface area contributed by atoms with Crippen molar-refractivity contribution in [3.63, 3.8) is 0 Å². The SMILES string of the molecule is C[C@H]1O[C@H](C)[C@H](O)C2=C1C(=O)c1c(O)cc(O)cc1C2=O. The van der Waals surface area contributed by atoms with Crippen molar-refractivity contribution in [3.05, 3.63) is 34.4 Å². The number of carbonyl (C=O) groups is 2. The fraction of sp³-hybridized carbons (Fsp3) is 0.333. The van der Waals surface area contributed by atoms with Crippen LogP contribution in [0.25, 0.3) is 0 Å². The van der Waals surface area contributed by atoms with Gasteiger partial charge < -0.3 is 20.1 Å². The molecule has 1 aliphatic carbocycles. The Morgan fingerprint density at radius 1 is 1.05 bits per heavy atom. The van der Waals surface area contributed by atoms with E-state index in [0.29, 0.717) is 0 Å². The molecule has 1 aromatic carbocycles. The lowest BCUT2D eigenvalue weighted by Crippen LogP contribution is -2.45. The molecule has 3 N–H and O–H groups in total. The van der Waals surface area contributed by atoms with Crippen LogP contribution in [0, 0.1) is 0 Å². The van der Waals surface area contributed by atoms with Gasteiger partial charge in [0.2, 0.25) is 0 Å². The number of rotatable bonds is 0. The topological polar surface area (TPSA) is 104 Å². The Morgan fingerprint density at radius 3 is 2.38 bits per heavy atom. The number of benzene rings is 1. The summed E-state index contributed by atoms with van der Waals surface area (Å²) in [6.07, 6.45) is -2.50. The summed E-state index contributed by atoms with van der Waals surface area (Å²) in [7, 11) is 0. The first-order chi connectivity index (χ1) is 9.82. The number of Topliss-reactive ketones (excluding diaryl/α,β-unsaturated/α-hetero) is 2. The second kappa shape index (κ2) is 4.41. The largest absolute Gasteiger partial charge is 0.508 e. The minimum atomic E-state index is -1.22. The lowest BCUT2D eigenvalue weighted by atomic mass is 9.77. The van der Waals surface area contributed by atoms with Crippen LogP contribution in [0.1, 0.15) is 34.6 Å². The second-order valence-corrected chi connectivity index (χ2v) is 5.30. The maximum atomic E-state index is 12.6. The van der Waals surface area contributed by atoms with Crippen LogP contribution in [0.3, 0.4) is 0 Å². The van der Waals surface area contributed by atoms with Gasteiger partial charge in [-0.05, 0) is 19.9 Å². The zero-order valence-electron chi connectivity index (χ0n) is 11.5. The molecule has 6 heteroatoms. The fourth-order valence-corrected chi connectivity index (χ4v) is 2.95. The van der Waals surface area contributed by atoms with Crippen molar-refractivity contribution >= 4 is 11.6 Å². The highest BCUT2D eigenvalue weighted by Crippen LogP contribution is 2.40. The smallest absolute Gasteiger partial charge is 0.196 e. The van der Waals surface area contributed by atoms with Crippen molar-refractivity contribution in [2.75, 3.05) is 0 Å². The van der Waals surface area contributed by atoms with Crippen LogP contribution in [0.5, 0.6) is 11.5 Å². The maximum absolute atomic E-state index is 12.6. The number of fused-ring (bicyclic) bond motifs is 1. The summed E-state index contributed by atoms with van der Waals surface area (Å²) in [5.74, 6) is -1.91. The van der Waals surface area contributed by atoms with E-state index in [0.717, 1.165) is 12.1 Å². The van der Waals surface area contributed by atoms with E-state index >= 15 is 0 Å². The summed E-state index contributed by atoms with van der Waals surface area (Å²) in [5.41, 5.74) is -0.201. The van der Waals surface area contributed by atoms with E-state index in [-0.39, 0.29) is 28.0 Å². The highest BCUT2D eigenvalue weighted by atomic mass is 16.5. The van der Waals surface area contributed by atoms with Gasteiger partial charge in [0.1, 0.15) is 17.6 Å². The average Bonchev–Trinajstić information content (AvgIpc) is 2.39. The molecule has 0 spiro atoms. The van der Waals surface area contributed by atoms with Gasteiger partial charge in [-0.3, -0.25) is 9.59 Å². The summed E-state index contributed by atoms with van der Waals surface area (Å²) in [6, 6.07) is 2.12. The molecule has 21 heavy (non-hydrogen) atoms. The fourth-order valence-electron chi connectivity index (χ4n) is 2.95. The Bertz CT molecular complexity index is 702. The molecule has 0 saturated heterocycles. The molecule has 0 radical (unpaired) electrons. The molecule has 3 atom stereocenters. The molecule has 0 aromatic heterocycles. The third-order valence-corrected chi connectivity index (χ3v) is 3.92. The summed E-state index contributed by atoms with van der Waals surface area (Å²) in [6.45, 7) is 3.23. The molecule has 0 saturated carbocycles. The van der Waals surface area contributed by atoms with Gasteiger partial charge in [0.25, 0.3) is 0 Å². The van der Waals surface area contributed by atoms with Gasteiger partial charge in [-0.2, -0.15) is 0 Å². The number of hydrogen-bond acceptors (Lipinski definition) is 6. The molecule has 6 nitrogen and oxygen atoms in total. The number of aromatic hydroxyl groups is 2. The van der Waals surface area contributed by atoms with E-state index < -0.39 is 35.6 Å². The van der Waals surface area contributed by atoms with Crippen molar-refractivity contribution in [3.8, 4) is 11.5 Å². The van der Waals surface area contributed by atoms with Crippen molar-refractivity contribution in [1.29, 1.82) is 0 Å². The maximum Gasteiger partial charge on any atom is 0.196 e. The summed E-state index contributed by atoms with van der Waals surface area (Å²) in [5, 5.41) is 29.5. The first-order valence-corrected chi connectivity index (χ1v) is 6.56. The van der Waals surface area contributed by atoms with Gasteiger partial charge in [0.15, 0.2) is 11.6 Å². The predicted octanol–water partition coefficient (Wildman–Crippen LogP) is 0.941. The lowest BCUT2D eigenvalue weighted by Gasteiger charge is -2.36. The normalized spacial score (nSPS) is 28.4. The van der Waals surface area contributed by atoms with Crippen LogP contribution in [0.15, 0.2) is 23.3 Å². The van der Waals surface area contributed by atoms with Crippen molar-refractivity contribution in [2.24, 2.45) is 0 Å². The van der Waals surface area contributed by atoms with E-state index in [1.165, 1.54) is 0 Å². The molecule has 1 heterocycles. The zero-order valence-corrected chi connectivity index (χ0v) is 11.5. The lowest BCUT2D eigenvalue weighted by molar-refractivity contribution is -0.0493. The minimum Gasteiger partial charge on any atom is -0.508 e. The van der Waals surface area contributed by atoms with E-state index in [1.807, 2.05) is 0 Å². The molecule has 0 bridgehead atoms. The average molecular weight is 290 g/mol. The molecule has 110 valence electrons. The zero-order chi connectivity index (χ0) is 15.5. The van der Waals surface area contributed by atoms with Crippen LogP contribution in [0.2, 0.25) is 0 Å². The van der Waals surface area contributed by atoms with Crippen molar-refractivity contribution in [1.82, 2.24) is 0 Å². The van der Waals surface area contributed by atoms with Gasteiger partial charge in [0, 0.05) is 22.8 Å². The van der Waals surface area contributed by atoms with Crippen LogP contribution < -0.4 is 0 Å². The van der Waals surface area contributed by atoms with E-state index in [2.05, 4.69) is 0 Å². The Balaban J connectivity index is 2.29. The van der Waals surface area contributed by atoms with Crippen molar-refractivity contribution in [2.45, 2.75) is 32.2 Å². The molecule has 3 rings (SSSR count). The summed E-state index contributed by atoms with van der Waals surface area (Å²) in [4.78, 5) is 25.1. The van der Waals surface area contributed by atoms with Gasteiger partial charge in [-0.25, -0.2) is 0 Å². The van der Waals surface area contributed by atoms with E-state index in [9.17, 15) is 24.9 Å². The molecule has 2 aliphatic rings. The summed E-state index contributed by atoms with van der Waals surface area (Å²) >= 11 is 0. The van der Waals surface area contributed by atoms with Gasteiger partial charge in [0.05, 0.1) is 17.8 Å². The standard InChI is InChI=1S/C15H14O6/c1-5-10-12(13(18)6(2)21-5)14(19)8-3-7(16)4-9(17)11(8)15(10)20/h3-6,13,16-18H,1-2H3/t5-,6-,13+/m1/s1. The van der Waals surface area contributed by atoms with Crippen LogP contribution in [-0.2, 0) is 4.74 Å². The highest BCUT2D eigenvalue weighted by Gasteiger charge is 2.44. The van der Waals surface area contributed by atoms with Crippen LogP contribution in [-0.4, -0.2) is 45.2 Å². The third kappa shape index (κ3) is 1.80. The molecule has 0 fully saturated rings. The number of carbonyl (C=O) groups excluding carboxylic acids is 2. The van der Waals surface area contributed by atoms with Crippen LogP contribution >= 0.6 is 0 Å². The Morgan fingerprint density at radius 2 is 1.71 bits per heavy atom. The van der Waals surface area contributed by atoms with Crippen LogP contribution in [0.4, 0.5) is 0 Å². The number of ether oxygens (including phenoxy) is 1. The Kier molecular flexibility index (Phi) is 2.89. The molecule has 1 aliphatic heterocycles. The van der Waals surface area contributed by atoms with E-state index in [4.69, 9.17) is 4.74 Å². The molecule has 0 unspecified atom stereocenters. The third-order valence-electron chi connectivity index (χ3n) is 3.92. The Labute approximate surface area is 120 Å². The van der Waals surface area contributed by atoms with Crippen molar-refractivity contribution < 1.29 is 29.6 Å². The first kappa shape index (κ1) is 13.8. The number of hydrogen-bond donors (Lipinski definition) is 3. The number of aliphatic hydroxyl groups excluding tert-OH is 1. The highest BCUT2D eigenvalue weighted by molar-refractivity contribution is 6.28. The molecule has 1 aromatic rings. The van der Waals surface area contributed by atoms with Gasteiger partial charge >= 0.3 is 0 Å². The second-order valence-electron chi connectivity index (χ2n) is 5.30. The monoisotopic (exact) mass is 290 g/mol. The van der Waals surface area contributed by atoms with E-state index in [1.54, 1.807) is 13.8 Å². The number of phenols is 2. The molecular formula is C15H14O6. The minimum absolute atomic E-state index is 0.0104. The Hall–Kier alpha value is -2.18.